The van der Waals surface area contributed by atoms with E-state index in [0.717, 1.165) is 0 Å². The SMILES string of the molecule is CCn1ncc(NCC(N)=O)c(Br)c1=O. The number of carbonyl (C=O) groups is 1. The predicted molar refractivity (Wildman–Crippen MR) is 59.6 cm³/mol. The molecular formula is C8H11BrN4O2. The van der Waals surface area contributed by atoms with Crippen molar-refractivity contribution in [2.45, 2.75) is 13.5 Å². The maximum atomic E-state index is 11.6. The number of nitrogens with zero attached hydrogens (tertiary/aromatic N) is 2. The number of carbonyl (C=O) groups excluding carboxylic acids is 1. The monoisotopic (exact) mass is 274 g/mol. The average Bonchev–Trinajstić information content (AvgIpc) is 2.20. The zero-order valence-electron chi connectivity index (χ0n) is 8.16. The summed E-state index contributed by atoms with van der Waals surface area (Å²) in [5.41, 5.74) is 5.18. The molecule has 0 fully saturated rings. The Hall–Kier alpha value is -1.37. The molecule has 0 bridgehead atoms. The Kier molecular flexibility index (Phi) is 3.84. The molecule has 3 N–H and O–H groups in total. The Balaban J connectivity index is 2.97. The van der Waals surface area contributed by atoms with E-state index in [-0.39, 0.29) is 12.1 Å². The molecular weight excluding hydrogens is 264 g/mol. The van der Waals surface area contributed by atoms with Crippen LogP contribution in [0.2, 0.25) is 0 Å². The molecule has 15 heavy (non-hydrogen) atoms. The van der Waals surface area contributed by atoms with Crippen molar-refractivity contribution in [3.8, 4) is 0 Å². The number of halogens is 1. The molecule has 1 aromatic heterocycles. The number of hydrogen-bond donors (Lipinski definition) is 2. The maximum Gasteiger partial charge on any atom is 0.283 e. The number of aromatic nitrogens is 2. The fourth-order valence-corrected chi connectivity index (χ4v) is 1.44. The van der Waals surface area contributed by atoms with Crippen molar-refractivity contribution >= 4 is 27.5 Å². The van der Waals surface area contributed by atoms with E-state index in [9.17, 15) is 9.59 Å². The molecule has 0 aliphatic carbocycles. The van der Waals surface area contributed by atoms with Crippen LogP contribution in [0, 0.1) is 0 Å². The quantitative estimate of drug-likeness (QED) is 0.804. The summed E-state index contributed by atoms with van der Waals surface area (Å²) in [7, 11) is 0. The Bertz CT molecular complexity index is 429. The van der Waals surface area contributed by atoms with Crippen LogP contribution in [-0.2, 0) is 11.3 Å². The summed E-state index contributed by atoms with van der Waals surface area (Å²) in [5.74, 6) is -0.499. The lowest BCUT2D eigenvalue weighted by atomic mass is 10.4. The highest BCUT2D eigenvalue weighted by Crippen LogP contribution is 2.15. The first-order valence-corrected chi connectivity index (χ1v) is 5.13. The molecule has 0 aromatic carbocycles. The summed E-state index contributed by atoms with van der Waals surface area (Å²) in [4.78, 5) is 22.1. The summed E-state index contributed by atoms with van der Waals surface area (Å²) >= 11 is 3.13. The van der Waals surface area contributed by atoms with Crippen molar-refractivity contribution in [3.05, 3.63) is 21.0 Å². The van der Waals surface area contributed by atoms with Gasteiger partial charge in [-0.1, -0.05) is 0 Å². The van der Waals surface area contributed by atoms with Crippen LogP contribution in [0.15, 0.2) is 15.5 Å². The van der Waals surface area contributed by atoms with E-state index in [1.807, 2.05) is 6.92 Å². The van der Waals surface area contributed by atoms with Gasteiger partial charge < -0.3 is 11.1 Å². The topological polar surface area (TPSA) is 90.0 Å². The summed E-state index contributed by atoms with van der Waals surface area (Å²) in [6, 6.07) is 0. The zero-order chi connectivity index (χ0) is 11.4. The first kappa shape index (κ1) is 11.7. The summed E-state index contributed by atoms with van der Waals surface area (Å²) in [5, 5.41) is 6.60. The second-order valence-corrected chi connectivity index (χ2v) is 3.61. The Morgan fingerprint density at radius 3 is 2.93 bits per heavy atom. The number of anilines is 1. The smallest absolute Gasteiger partial charge is 0.283 e. The van der Waals surface area contributed by atoms with Crippen LogP contribution in [0.4, 0.5) is 5.69 Å². The van der Waals surface area contributed by atoms with E-state index in [1.54, 1.807) is 0 Å². The lowest BCUT2D eigenvalue weighted by Gasteiger charge is -2.07. The Morgan fingerprint density at radius 1 is 1.73 bits per heavy atom. The molecule has 0 saturated heterocycles. The van der Waals surface area contributed by atoms with E-state index in [1.165, 1.54) is 10.9 Å². The molecule has 0 spiro atoms. The van der Waals surface area contributed by atoms with Crippen molar-refractivity contribution < 1.29 is 4.79 Å². The van der Waals surface area contributed by atoms with Gasteiger partial charge in [0, 0.05) is 6.54 Å². The molecule has 0 saturated carbocycles. The van der Waals surface area contributed by atoms with Crippen LogP contribution in [0.5, 0.6) is 0 Å². The Morgan fingerprint density at radius 2 is 2.40 bits per heavy atom. The number of aryl methyl sites for hydroxylation is 1. The van der Waals surface area contributed by atoms with E-state index < -0.39 is 5.91 Å². The third kappa shape index (κ3) is 2.79. The average molecular weight is 275 g/mol. The molecule has 7 heteroatoms. The number of nitrogens with two attached hydrogens (primary N) is 1. The minimum atomic E-state index is -0.499. The van der Waals surface area contributed by atoms with Crippen molar-refractivity contribution in [1.82, 2.24) is 9.78 Å². The summed E-state index contributed by atoms with van der Waals surface area (Å²) < 4.78 is 1.65. The van der Waals surface area contributed by atoms with Crippen molar-refractivity contribution in [3.63, 3.8) is 0 Å². The summed E-state index contributed by atoms with van der Waals surface area (Å²) in [6.45, 7) is 2.28. The minimum Gasteiger partial charge on any atom is -0.374 e. The van der Waals surface area contributed by atoms with Crippen LogP contribution in [-0.4, -0.2) is 22.2 Å². The first-order valence-electron chi connectivity index (χ1n) is 4.34. The molecule has 1 rings (SSSR count). The maximum absolute atomic E-state index is 11.6. The number of hydrogen-bond acceptors (Lipinski definition) is 4. The molecule has 0 radical (unpaired) electrons. The number of amides is 1. The van der Waals surface area contributed by atoms with Crippen molar-refractivity contribution in [1.29, 1.82) is 0 Å². The molecule has 0 aliphatic heterocycles. The second-order valence-electron chi connectivity index (χ2n) is 2.81. The largest absolute Gasteiger partial charge is 0.374 e. The fraction of sp³-hybridized carbons (Fsp3) is 0.375. The fourth-order valence-electron chi connectivity index (χ4n) is 0.996. The van der Waals surface area contributed by atoms with Gasteiger partial charge in [-0.25, -0.2) is 4.68 Å². The highest BCUT2D eigenvalue weighted by Gasteiger charge is 2.07. The van der Waals surface area contributed by atoms with Gasteiger partial charge in [-0.05, 0) is 22.9 Å². The van der Waals surface area contributed by atoms with Gasteiger partial charge in [-0.15, -0.1) is 0 Å². The van der Waals surface area contributed by atoms with Gasteiger partial charge >= 0.3 is 0 Å². The summed E-state index contributed by atoms with van der Waals surface area (Å²) in [6.07, 6.45) is 1.47. The van der Waals surface area contributed by atoms with E-state index in [0.29, 0.717) is 16.7 Å². The molecule has 1 heterocycles. The number of primary amides is 1. The van der Waals surface area contributed by atoms with Crippen LogP contribution >= 0.6 is 15.9 Å². The van der Waals surface area contributed by atoms with Gasteiger partial charge in [-0.3, -0.25) is 9.59 Å². The van der Waals surface area contributed by atoms with Crippen LogP contribution in [0.1, 0.15) is 6.92 Å². The standard InChI is InChI=1S/C8H11BrN4O2/c1-2-13-8(15)7(9)5(3-12-13)11-4-6(10)14/h3,11H,2,4H2,1H3,(H2,10,14). The number of nitrogens with one attached hydrogen (secondary N) is 1. The highest BCUT2D eigenvalue weighted by atomic mass is 79.9. The van der Waals surface area contributed by atoms with Gasteiger partial charge in [0.1, 0.15) is 4.47 Å². The van der Waals surface area contributed by atoms with Crippen molar-refractivity contribution in [2.24, 2.45) is 5.73 Å². The van der Waals surface area contributed by atoms with Gasteiger partial charge in [0.2, 0.25) is 5.91 Å². The highest BCUT2D eigenvalue weighted by molar-refractivity contribution is 9.10. The minimum absolute atomic E-state index is 0.0319. The first-order chi connectivity index (χ1) is 7.06. The van der Waals surface area contributed by atoms with Crippen LogP contribution in [0.25, 0.3) is 0 Å². The molecule has 0 aliphatic rings. The molecule has 1 aromatic rings. The predicted octanol–water partition coefficient (Wildman–Crippen LogP) is -0.0771. The normalized spacial score (nSPS) is 10.0. The third-order valence-electron chi connectivity index (χ3n) is 1.74. The van der Waals surface area contributed by atoms with Crippen LogP contribution < -0.4 is 16.6 Å². The van der Waals surface area contributed by atoms with E-state index in [2.05, 4.69) is 26.3 Å². The number of rotatable bonds is 4. The molecule has 6 nitrogen and oxygen atoms in total. The zero-order valence-corrected chi connectivity index (χ0v) is 9.74. The molecule has 0 unspecified atom stereocenters. The van der Waals surface area contributed by atoms with Crippen molar-refractivity contribution in [2.75, 3.05) is 11.9 Å². The molecule has 0 atom stereocenters. The van der Waals surface area contributed by atoms with E-state index in [4.69, 9.17) is 5.73 Å². The molecule has 1 amide bonds. The third-order valence-corrected chi connectivity index (χ3v) is 2.50. The van der Waals surface area contributed by atoms with Gasteiger partial charge in [-0.2, -0.15) is 5.10 Å². The van der Waals surface area contributed by atoms with E-state index >= 15 is 0 Å². The van der Waals surface area contributed by atoms with Gasteiger partial charge in [0.05, 0.1) is 18.4 Å². The molecule has 82 valence electrons. The lowest BCUT2D eigenvalue weighted by Crippen LogP contribution is -2.26. The second kappa shape index (κ2) is 4.92. The lowest BCUT2D eigenvalue weighted by molar-refractivity contribution is -0.116. The Labute approximate surface area is 94.6 Å². The van der Waals surface area contributed by atoms with Gasteiger partial charge in [0.25, 0.3) is 5.56 Å². The van der Waals surface area contributed by atoms with Gasteiger partial charge in [0.15, 0.2) is 0 Å². The van der Waals surface area contributed by atoms with Crippen LogP contribution in [0.3, 0.4) is 0 Å².